The zero-order valence-electron chi connectivity index (χ0n) is 12.7. The second-order valence-corrected chi connectivity index (χ2v) is 6.12. The molecule has 1 heterocycles. The average molecular weight is 331 g/mol. The first-order valence-corrected chi connectivity index (χ1v) is 8.05. The highest BCUT2D eigenvalue weighted by molar-refractivity contribution is 6.30. The van der Waals surface area contributed by atoms with E-state index in [1.165, 1.54) is 0 Å². The number of hydrogen-bond acceptors (Lipinski definition) is 3. The van der Waals surface area contributed by atoms with E-state index in [2.05, 4.69) is 10.6 Å². The van der Waals surface area contributed by atoms with Crippen LogP contribution in [0.1, 0.15) is 15.9 Å². The van der Waals surface area contributed by atoms with Gasteiger partial charge in [-0.25, -0.2) is 0 Å². The van der Waals surface area contributed by atoms with Crippen molar-refractivity contribution in [1.29, 1.82) is 0 Å². The van der Waals surface area contributed by atoms with Crippen molar-refractivity contribution in [1.82, 2.24) is 10.6 Å². The Morgan fingerprint density at radius 3 is 2.78 bits per heavy atom. The molecule has 1 aliphatic rings. The van der Waals surface area contributed by atoms with Crippen LogP contribution in [0.25, 0.3) is 0 Å². The van der Waals surface area contributed by atoms with Gasteiger partial charge in [-0.05, 0) is 35.9 Å². The Labute approximate surface area is 140 Å². The van der Waals surface area contributed by atoms with Gasteiger partial charge >= 0.3 is 0 Å². The van der Waals surface area contributed by atoms with Crippen LogP contribution in [0.4, 0.5) is 0 Å². The number of amides is 1. The van der Waals surface area contributed by atoms with E-state index in [1.54, 1.807) is 12.1 Å². The summed E-state index contributed by atoms with van der Waals surface area (Å²) in [6.45, 7) is 3.07. The van der Waals surface area contributed by atoms with E-state index in [1.807, 2.05) is 36.4 Å². The highest BCUT2D eigenvalue weighted by Crippen LogP contribution is 2.17. The van der Waals surface area contributed by atoms with Gasteiger partial charge in [0.2, 0.25) is 0 Å². The molecule has 4 nitrogen and oxygen atoms in total. The Kier molecular flexibility index (Phi) is 5.16. The third-order valence-electron chi connectivity index (χ3n) is 3.81. The molecule has 3 rings (SSSR count). The second kappa shape index (κ2) is 7.49. The van der Waals surface area contributed by atoms with E-state index >= 15 is 0 Å². The minimum atomic E-state index is -0.0647. The van der Waals surface area contributed by atoms with Crippen molar-refractivity contribution in [3.05, 3.63) is 64.7 Å². The molecule has 0 aliphatic carbocycles. The molecule has 0 spiro atoms. The largest absolute Gasteiger partial charge is 0.489 e. The zero-order valence-corrected chi connectivity index (χ0v) is 13.5. The van der Waals surface area contributed by atoms with Crippen molar-refractivity contribution in [3.8, 4) is 5.75 Å². The van der Waals surface area contributed by atoms with Crippen LogP contribution in [-0.4, -0.2) is 25.5 Å². The SMILES string of the molecule is O=C(NCC1CNC1)c1cccc(OCc2cccc(Cl)c2)c1. The number of rotatable bonds is 6. The number of ether oxygens (including phenoxy) is 1. The van der Waals surface area contributed by atoms with Crippen LogP contribution in [0.2, 0.25) is 5.02 Å². The molecule has 0 saturated carbocycles. The van der Waals surface area contributed by atoms with Crippen LogP contribution in [0.15, 0.2) is 48.5 Å². The summed E-state index contributed by atoms with van der Waals surface area (Å²) in [5, 5.41) is 6.83. The fourth-order valence-electron chi connectivity index (χ4n) is 2.35. The topological polar surface area (TPSA) is 50.4 Å². The van der Waals surface area contributed by atoms with E-state index in [4.69, 9.17) is 16.3 Å². The second-order valence-electron chi connectivity index (χ2n) is 5.68. The molecular weight excluding hydrogens is 312 g/mol. The van der Waals surface area contributed by atoms with E-state index < -0.39 is 0 Å². The molecule has 2 N–H and O–H groups in total. The maximum atomic E-state index is 12.2. The highest BCUT2D eigenvalue weighted by atomic mass is 35.5. The molecule has 0 bridgehead atoms. The molecule has 0 unspecified atom stereocenters. The minimum Gasteiger partial charge on any atom is -0.489 e. The molecule has 1 fully saturated rings. The Hall–Kier alpha value is -2.04. The van der Waals surface area contributed by atoms with Crippen molar-refractivity contribution >= 4 is 17.5 Å². The van der Waals surface area contributed by atoms with Crippen LogP contribution in [0.5, 0.6) is 5.75 Å². The van der Waals surface area contributed by atoms with Crippen molar-refractivity contribution in [3.63, 3.8) is 0 Å². The monoisotopic (exact) mass is 330 g/mol. The summed E-state index contributed by atoms with van der Waals surface area (Å²) in [7, 11) is 0. The quantitative estimate of drug-likeness (QED) is 0.856. The lowest BCUT2D eigenvalue weighted by Gasteiger charge is -2.27. The lowest BCUT2D eigenvalue weighted by Crippen LogP contribution is -2.48. The molecule has 1 aliphatic heterocycles. The predicted octanol–water partition coefficient (Wildman–Crippen LogP) is 2.87. The summed E-state index contributed by atoms with van der Waals surface area (Å²) in [5.74, 6) is 1.15. The lowest BCUT2D eigenvalue weighted by molar-refractivity contribution is 0.0941. The number of carbonyl (C=O) groups excluding carboxylic acids is 1. The van der Waals surface area contributed by atoms with Crippen LogP contribution in [0.3, 0.4) is 0 Å². The van der Waals surface area contributed by atoms with Crippen LogP contribution < -0.4 is 15.4 Å². The van der Waals surface area contributed by atoms with Gasteiger partial charge in [-0.15, -0.1) is 0 Å². The first-order chi connectivity index (χ1) is 11.2. The molecule has 0 atom stereocenters. The first kappa shape index (κ1) is 15.8. The Balaban J connectivity index is 1.56. The molecule has 23 heavy (non-hydrogen) atoms. The fourth-order valence-corrected chi connectivity index (χ4v) is 2.57. The van der Waals surface area contributed by atoms with Gasteiger partial charge in [-0.1, -0.05) is 29.8 Å². The maximum absolute atomic E-state index is 12.2. The number of halogens is 1. The van der Waals surface area contributed by atoms with Gasteiger partial charge in [0.05, 0.1) is 0 Å². The van der Waals surface area contributed by atoms with Crippen LogP contribution in [0, 0.1) is 5.92 Å². The number of benzene rings is 2. The molecule has 1 amide bonds. The third kappa shape index (κ3) is 4.47. The minimum absolute atomic E-state index is 0.0647. The first-order valence-electron chi connectivity index (χ1n) is 7.67. The smallest absolute Gasteiger partial charge is 0.251 e. The molecule has 5 heteroatoms. The maximum Gasteiger partial charge on any atom is 0.251 e. The summed E-state index contributed by atoms with van der Waals surface area (Å²) in [5.41, 5.74) is 1.60. The van der Waals surface area contributed by atoms with Gasteiger partial charge < -0.3 is 15.4 Å². The molecular formula is C18H19ClN2O2. The van der Waals surface area contributed by atoms with Crippen LogP contribution >= 0.6 is 11.6 Å². The number of carbonyl (C=O) groups is 1. The molecule has 0 radical (unpaired) electrons. The normalized spacial score (nSPS) is 14.1. The molecule has 2 aromatic rings. The lowest BCUT2D eigenvalue weighted by atomic mass is 10.0. The van der Waals surface area contributed by atoms with Gasteiger partial charge in [0.15, 0.2) is 0 Å². The highest BCUT2D eigenvalue weighted by Gasteiger charge is 2.17. The third-order valence-corrected chi connectivity index (χ3v) is 4.04. The number of hydrogen-bond donors (Lipinski definition) is 2. The van der Waals surface area contributed by atoms with E-state index in [0.717, 1.165) is 18.7 Å². The van der Waals surface area contributed by atoms with Crippen molar-refractivity contribution < 1.29 is 9.53 Å². The van der Waals surface area contributed by atoms with E-state index in [-0.39, 0.29) is 5.91 Å². The molecule has 0 aromatic heterocycles. The van der Waals surface area contributed by atoms with Gasteiger partial charge in [0.25, 0.3) is 5.91 Å². The fraction of sp³-hybridized carbons (Fsp3) is 0.278. The summed E-state index contributed by atoms with van der Waals surface area (Å²) in [4.78, 5) is 12.2. The molecule has 2 aromatic carbocycles. The molecule has 1 saturated heterocycles. The Morgan fingerprint density at radius 2 is 2.04 bits per heavy atom. The van der Waals surface area contributed by atoms with Gasteiger partial charge in [0, 0.05) is 36.1 Å². The van der Waals surface area contributed by atoms with Crippen LogP contribution in [-0.2, 0) is 6.61 Å². The standard InChI is InChI=1S/C18H19ClN2O2/c19-16-5-1-3-13(7-16)12-23-17-6-2-4-15(8-17)18(22)21-11-14-9-20-10-14/h1-8,14,20H,9-12H2,(H,21,22). The van der Waals surface area contributed by atoms with Crippen molar-refractivity contribution in [2.24, 2.45) is 5.92 Å². The summed E-state index contributed by atoms with van der Waals surface area (Å²) in [6, 6.07) is 14.8. The zero-order chi connectivity index (χ0) is 16.1. The average Bonchev–Trinajstić information content (AvgIpc) is 2.52. The van der Waals surface area contributed by atoms with Crippen molar-refractivity contribution in [2.45, 2.75) is 6.61 Å². The van der Waals surface area contributed by atoms with E-state index in [9.17, 15) is 4.79 Å². The number of nitrogens with one attached hydrogen (secondary N) is 2. The molecule has 120 valence electrons. The summed E-state index contributed by atoms with van der Waals surface area (Å²) in [6.07, 6.45) is 0. The predicted molar refractivity (Wildman–Crippen MR) is 90.9 cm³/mol. The van der Waals surface area contributed by atoms with Crippen molar-refractivity contribution in [2.75, 3.05) is 19.6 Å². The van der Waals surface area contributed by atoms with Gasteiger partial charge in [-0.3, -0.25) is 4.79 Å². The summed E-state index contributed by atoms with van der Waals surface area (Å²) < 4.78 is 5.75. The van der Waals surface area contributed by atoms with Gasteiger partial charge in [0.1, 0.15) is 12.4 Å². The summed E-state index contributed by atoms with van der Waals surface area (Å²) >= 11 is 5.96. The van der Waals surface area contributed by atoms with E-state index in [0.29, 0.717) is 35.4 Å². The van der Waals surface area contributed by atoms with Gasteiger partial charge in [-0.2, -0.15) is 0 Å². The Bertz CT molecular complexity index is 686. The Morgan fingerprint density at radius 1 is 1.22 bits per heavy atom.